The largest absolute Gasteiger partial charge is 0.356 e. The van der Waals surface area contributed by atoms with Crippen molar-refractivity contribution in [3.63, 3.8) is 0 Å². The van der Waals surface area contributed by atoms with Crippen LogP contribution in [0.4, 0.5) is 0 Å². The Morgan fingerprint density at radius 3 is 2.88 bits per heavy atom. The van der Waals surface area contributed by atoms with Crippen LogP contribution in [0.15, 0.2) is 0 Å². The molecular weight excluding hydrogens is 214 g/mol. The first-order valence-corrected chi connectivity index (χ1v) is 6.90. The summed E-state index contributed by atoms with van der Waals surface area (Å²) < 4.78 is 0. The first kappa shape index (κ1) is 14.5. The highest BCUT2D eigenvalue weighted by atomic mass is 16.1. The lowest BCUT2D eigenvalue weighted by molar-refractivity contribution is -0.121. The summed E-state index contributed by atoms with van der Waals surface area (Å²) in [5, 5.41) is 3.01. The Morgan fingerprint density at radius 2 is 2.29 bits per heavy atom. The maximum absolute atomic E-state index is 11.6. The van der Waals surface area contributed by atoms with Crippen LogP contribution in [0.3, 0.4) is 0 Å². The fraction of sp³-hybridized carbons (Fsp3) is 0.923. The fourth-order valence-corrected chi connectivity index (χ4v) is 2.41. The van der Waals surface area contributed by atoms with Gasteiger partial charge in [-0.25, -0.2) is 0 Å². The average Bonchev–Trinajstić information content (AvgIpc) is 2.74. The molecule has 0 aliphatic carbocycles. The van der Waals surface area contributed by atoms with Crippen molar-refractivity contribution in [2.45, 2.75) is 45.6 Å². The summed E-state index contributed by atoms with van der Waals surface area (Å²) in [4.78, 5) is 14.1. The summed E-state index contributed by atoms with van der Waals surface area (Å²) in [6.07, 6.45) is 3.65. The molecule has 3 N–H and O–H groups in total. The van der Waals surface area contributed by atoms with Crippen LogP contribution in [-0.4, -0.2) is 43.0 Å². The number of amides is 1. The van der Waals surface area contributed by atoms with Crippen LogP contribution in [0, 0.1) is 5.92 Å². The molecule has 0 aromatic heterocycles. The molecule has 0 spiro atoms. The van der Waals surface area contributed by atoms with Crippen molar-refractivity contribution in [2.24, 2.45) is 11.7 Å². The molecule has 17 heavy (non-hydrogen) atoms. The van der Waals surface area contributed by atoms with Crippen molar-refractivity contribution >= 4 is 5.91 Å². The fourth-order valence-electron chi connectivity index (χ4n) is 2.41. The van der Waals surface area contributed by atoms with E-state index < -0.39 is 0 Å². The number of nitrogens with one attached hydrogen (secondary N) is 1. The van der Waals surface area contributed by atoms with Gasteiger partial charge in [-0.05, 0) is 31.8 Å². The molecule has 0 radical (unpaired) electrons. The van der Waals surface area contributed by atoms with Gasteiger partial charge in [-0.15, -0.1) is 0 Å². The first-order valence-electron chi connectivity index (χ1n) is 6.90. The number of likely N-dealkylation sites (tertiary alicyclic amines) is 1. The molecule has 0 aromatic carbocycles. The SMILES string of the molecule is CCCC(N)CC(=O)NCC1CCN(CC)C1. The minimum Gasteiger partial charge on any atom is -0.356 e. The zero-order valence-electron chi connectivity index (χ0n) is 11.2. The molecule has 100 valence electrons. The molecule has 0 bridgehead atoms. The van der Waals surface area contributed by atoms with Gasteiger partial charge in [0.25, 0.3) is 0 Å². The van der Waals surface area contributed by atoms with E-state index in [9.17, 15) is 4.79 Å². The molecule has 1 saturated heterocycles. The van der Waals surface area contributed by atoms with E-state index in [1.165, 1.54) is 13.0 Å². The van der Waals surface area contributed by atoms with E-state index in [1.54, 1.807) is 0 Å². The Balaban J connectivity index is 2.12. The van der Waals surface area contributed by atoms with Gasteiger partial charge in [0.15, 0.2) is 0 Å². The molecule has 0 aromatic rings. The quantitative estimate of drug-likeness (QED) is 0.698. The zero-order valence-corrected chi connectivity index (χ0v) is 11.2. The van der Waals surface area contributed by atoms with E-state index in [1.807, 2.05) is 0 Å². The van der Waals surface area contributed by atoms with Crippen molar-refractivity contribution in [3.05, 3.63) is 0 Å². The second kappa shape index (κ2) is 7.67. The first-order chi connectivity index (χ1) is 8.15. The number of carbonyl (C=O) groups is 1. The van der Waals surface area contributed by atoms with Crippen molar-refractivity contribution in [1.29, 1.82) is 0 Å². The molecule has 1 heterocycles. The summed E-state index contributed by atoms with van der Waals surface area (Å²) >= 11 is 0. The summed E-state index contributed by atoms with van der Waals surface area (Å²) in [7, 11) is 0. The molecular formula is C13H27N3O. The van der Waals surface area contributed by atoms with Crippen LogP contribution in [0.25, 0.3) is 0 Å². The van der Waals surface area contributed by atoms with Crippen LogP contribution in [0.5, 0.6) is 0 Å². The van der Waals surface area contributed by atoms with E-state index in [2.05, 4.69) is 24.1 Å². The number of hydrogen-bond donors (Lipinski definition) is 2. The van der Waals surface area contributed by atoms with Gasteiger partial charge >= 0.3 is 0 Å². The summed E-state index contributed by atoms with van der Waals surface area (Å²) in [5.74, 6) is 0.738. The van der Waals surface area contributed by atoms with Crippen LogP contribution < -0.4 is 11.1 Å². The molecule has 1 aliphatic heterocycles. The van der Waals surface area contributed by atoms with Gasteiger partial charge in [0.05, 0.1) is 0 Å². The smallest absolute Gasteiger partial charge is 0.221 e. The number of carbonyl (C=O) groups excluding carboxylic acids is 1. The van der Waals surface area contributed by atoms with Crippen LogP contribution >= 0.6 is 0 Å². The molecule has 4 heteroatoms. The molecule has 1 amide bonds. The number of hydrogen-bond acceptors (Lipinski definition) is 3. The molecule has 2 unspecified atom stereocenters. The van der Waals surface area contributed by atoms with E-state index >= 15 is 0 Å². The highest BCUT2D eigenvalue weighted by Gasteiger charge is 2.21. The minimum absolute atomic E-state index is 0.0238. The van der Waals surface area contributed by atoms with Crippen molar-refractivity contribution < 1.29 is 4.79 Å². The lowest BCUT2D eigenvalue weighted by atomic mass is 10.1. The predicted molar refractivity (Wildman–Crippen MR) is 70.7 cm³/mol. The Labute approximate surface area is 105 Å². The van der Waals surface area contributed by atoms with Gasteiger partial charge in [-0.2, -0.15) is 0 Å². The zero-order chi connectivity index (χ0) is 12.7. The molecule has 4 nitrogen and oxygen atoms in total. The van der Waals surface area contributed by atoms with Crippen LogP contribution in [0.1, 0.15) is 39.5 Å². The van der Waals surface area contributed by atoms with Gasteiger partial charge in [-0.1, -0.05) is 20.3 Å². The topological polar surface area (TPSA) is 58.4 Å². The lowest BCUT2D eigenvalue weighted by Gasteiger charge is -2.15. The number of nitrogens with two attached hydrogens (primary N) is 1. The molecule has 1 aliphatic rings. The highest BCUT2D eigenvalue weighted by Crippen LogP contribution is 2.14. The minimum atomic E-state index is 0.0238. The Kier molecular flexibility index (Phi) is 6.52. The van der Waals surface area contributed by atoms with E-state index in [-0.39, 0.29) is 11.9 Å². The van der Waals surface area contributed by atoms with Crippen molar-refractivity contribution in [3.8, 4) is 0 Å². The Morgan fingerprint density at radius 1 is 1.53 bits per heavy atom. The van der Waals surface area contributed by atoms with Crippen molar-refractivity contribution in [2.75, 3.05) is 26.2 Å². The third-order valence-corrected chi connectivity index (χ3v) is 3.51. The standard InChI is InChI=1S/C13H27N3O/c1-3-5-12(14)8-13(17)15-9-11-6-7-16(4-2)10-11/h11-12H,3-10,14H2,1-2H3,(H,15,17). The maximum atomic E-state index is 11.6. The molecule has 0 saturated carbocycles. The average molecular weight is 241 g/mol. The second-order valence-electron chi connectivity index (χ2n) is 5.10. The Hall–Kier alpha value is -0.610. The van der Waals surface area contributed by atoms with Gasteiger partial charge in [-0.3, -0.25) is 4.79 Å². The van der Waals surface area contributed by atoms with E-state index in [0.717, 1.165) is 32.5 Å². The van der Waals surface area contributed by atoms with Crippen molar-refractivity contribution in [1.82, 2.24) is 10.2 Å². The number of rotatable bonds is 7. The van der Waals surface area contributed by atoms with Gasteiger partial charge in [0.2, 0.25) is 5.91 Å². The number of nitrogens with zero attached hydrogens (tertiary/aromatic N) is 1. The normalized spacial score (nSPS) is 22.6. The highest BCUT2D eigenvalue weighted by molar-refractivity contribution is 5.76. The lowest BCUT2D eigenvalue weighted by Crippen LogP contribution is -2.35. The summed E-state index contributed by atoms with van der Waals surface area (Å²) in [5.41, 5.74) is 5.84. The molecule has 1 rings (SSSR count). The predicted octanol–water partition coefficient (Wildman–Crippen LogP) is 0.962. The third kappa shape index (κ3) is 5.50. The third-order valence-electron chi connectivity index (χ3n) is 3.51. The van der Waals surface area contributed by atoms with Crippen LogP contribution in [0.2, 0.25) is 0 Å². The molecule has 1 fully saturated rings. The van der Waals surface area contributed by atoms with Crippen LogP contribution in [-0.2, 0) is 4.79 Å². The van der Waals surface area contributed by atoms with Gasteiger partial charge in [0, 0.05) is 25.6 Å². The Bertz CT molecular complexity index is 233. The second-order valence-corrected chi connectivity index (χ2v) is 5.10. The van der Waals surface area contributed by atoms with E-state index in [4.69, 9.17) is 5.73 Å². The monoisotopic (exact) mass is 241 g/mol. The summed E-state index contributed by atoms with van der Waals surface area (Å²) in [6.45, 7) is 8.50. The molecule has 2 atom stereocenters. The maximum Gasteiger partial charge on any atom is 0.221 e. The van der Waals surface area contributed by atoms with E-state index in [0.29, 0.717) is 12.3 Å². The summed E-state index contributed by atoms with van der Waals surface area (Å²) in [6, 6.07) is 0.0238. The van der Waals surface area contributed by atoms with Gasteiger partial charge < -0.3 is 16.0 Å². The van der Waals surface area contributed by atoms with Gasteiger partial charge in [0.1, 0.15) is 0 Å².